The molecule has 1 amide bonds. The Hall–Kier alpha value is -3.10. The lowest BCUT2D eigenvalue weighted by Crippen LogP contribution is -2.37. The Morgan fingerprint density at radius 3 is 2.68 bits per heavy atom. The lowest BCUT2D eigenvalue weighted by Gasteiger charge is -2.15. The molecule has 4 N–H and O–H groups in total. The average molecular weight is 555 g/mol. The van der Waals surface area contributed by atoms with Crippen LogP contribution < -0.4 is 14.8 Å². The summed E-state index contributed by atoms with van der Waals surface area (Å²) in [5.74, 6) is -2.80. The van der Waals surface area contributed by atoms with Crippen molar-refractivity contribution in [2.75, 3.05) is 19.8 Å². The molecule has 2 saturated heterocycles. The van der Waals surface area contributed by atoms with E-state index in [1.165, 1.54) is 6.07 Å². The molecule has 0 bridgehead atoms. The van der Waals surface area contributed by atoms with Crippen LogP contribution in [-0.2, 0) is 16.1 Å². The number of hydrogen-bond donors (Lipinski definition) is 4. The second-order valence-electron chi connectivity index (χ2n) is 8.98. The number of pyridine rings is 1. The largest absolute Gasteiger partial charge is 0.471 e. The number of nitrogens with one attached hydrogen (secondary N) is 2. The van der Waals surface area contributed by atoms with Gasteiger partial charge in [0, 0.05) is 5.56 Å². The molecule has 5 atom stereocenters. The van der Waals surface area contributed by atoms with Crippen molar-refractivity contribution >= 4 is 28.7 Å². The van der Waals surface area contributed by atoms with Gasteiger partial charge in [-0.05, 0) is 24.6 Å². The minimum absolute atomic E-state index is 0.0608. The average Bonchev–Trinajstić information content (AvgIpc) is 3.58. The highest BCUT2D eigenvalue weighted by atomic mass is 35.5. The van der Waals surface area contributed by atoms with E-state index in [2.05, 4.69) is 20.3 Å². The van der Waals surface area contributed by atoms with Gasteiger partial charge in [-0.15, -0.1) is 0 Å². The SMILES string of the molecule is CC[C@H](CO)NC(=O)c1cc(F)c(COc2nc3nc(O[C@@H]4COC5[C@H](O)CO[C@@H]54)[nH]c3cc2Cl)c(F)c1. The molecule has 0 radical (unpaired) electrons. The Labute approximate surface area is 220 Å². The quantitative estimate of drug-likeness (QED) is 0.311. The van der Waals surface area contributed by atoms with E-state index in [9.17, 15) is 23.8 Å². The van der Waals surface area contributed by atoms with E-state index in [0.717, 1.165) is 12.1 Å². The standard InChI is InChI=1S/C24H25ClF2N4O7/c1-2-11(6-32)28-22(34)10-3-14(26)12(15(27)4-10)7-37-23-13(25)5-16-21(30-23)31-24(29-16)38-18-9-36-19-17(33)8-35-20(18)19/h3-5,11,17-20,32-33H,2,6-9H2,1H3,(H,28,34)(H,29,30,31)/t11-,17-,18-,19?,20-/m1/s1. The van der Waals surface area contributed by atoms with E-state index < -0.39 is 60.2 Å². The molecule has 2 aliphatic heterocycles. The highest BCUT2D eigenvalue weighted by molar-refractivity contribution is 6.32. The van der Waals surface area contributed by atoms with Gasteiger partial charge in [0.1, 0.15) is 41.6 Å². The number of carbonyl (C=O) groups is 1. The lowest BCUT2D eigenvalue weighted by atomic mass is 10.1. The van der Waals surface area contributed by atoms with E-state index in [-0.39, 0.29) is 47.9 Å². The third-order valence-electron chi connectivity index (χ3n) is 6.42. The number of aliphatic hydroxyl groups excluding tert-OH is 2. The molecule has 5 rings (SSSR count). The molecule has 2 aromatic heterocycles. The molecule has 204 valence electrons. The van der Waals surface area contributed by atoms with Gasteiger partial charge in [0.25, 0.3) is 11.9 Å². The fourth-order valence-corrected chi connectivity index (χ4v) is 4.49. The molecule has 1 aromatic carbocycles. The van der Waals surface area contributed by atoms with E-state index in [0.29, 0.717) is 11.9 Å². The highest BCUT2D eigenvalue weighted by Crippen LogP contribution is 2.31. The number of H-pyrrole nitrogens is 1. The molecule has 1 unspecified atom stereocenters. The fraction of sp³-hybridized carbons (Fsp3) is 0.458. The maximum absolute atomic E-state index is 14.7. The zero-order valence-electron chi connectivity index (χ0n) is 20.1. The number of benzene rings is 1. The molecule has 2 aliphatic rings. The number of rotatable bonds is 9. The summed E-state index contributed by atoms with van der Waals surface area (Å²) in [5, 5.41) is 21.7. The first kappa shape index (κ1) is 26.5. The van der Waals surface area contributed by atoms with Crippen LogP contribution in [0.4, 0.5) is 8.78 Å². The molecule has 3 aromatic rings. The number of halogens is 3. The molecule has 38 heavy (non-hydrogen) atoms. The predicted octanol–water partition coefficient (Wildman–Crippen LogP) is 1.88. The Morgan fingerprint density at radius 1 is 1.24 bits per heavy atom. The van der Waals surface area contributed by atoms with E-state index >= 15 is 0 Å². The second kappa shape index (κ2) is 10.9. The van der Waals surface area contributed by atoms with Crippen molar-refractivity contribution in [3.8, 4) is 11.9 Å². The van der Waals surface area contributed by atoms with Gasteiger partial charge in [0.15, 0.2) is 11.8 Å². The summed E-state index contributed by atoms with van der Waals surface area (Å²) < 4.78 is 51.7. The minimum atomic E-state index is -0.990. The first-order valence-electron chi connectivity index (χ1n) is 11.9. The number of ether oxygens (including phenoxy) is 4. The topological polar surface area (TPSA) is 148 Å². The van der Waals surface area contributed by atoms with Crippen LogP contribution in [0.15, 0.2) is 18.2 Å². The number of aromatic amines is 1. The highest BCUT2D eigenvalue weighted by Gasteiger charge is 2.48. The van der Waals surface area contributed by atoms with Gasteiger partial charge in [0.05, 0.1) is 36.9 Å². The number of carbonyl (C=O) groups excluding carboxylic acids is 1. The smallest absolute Gasteiger partial charge is 0.296 e. The summed E-state index contributed by atoms with van der Waals surface area (Å²) in [7, 11) is 0. The first-order valence-corrected chi connectivity index (χ1v) is 12.3. The molecule has 2 fully saturated rings. The van der Waals surface area contributed by atoms with Gasteiger partial charge >= 0.3 is 0 Å². The van der Waals surface area contributed by atoms with E-state index in [1.807, 2.05) is 0 Å². The zero-order chi connectivity index (χ0) is 27.0. The Balaban J connectivity index is 1.27. The van der Waals surface area contributed by atoms with Crippen LogP contribution in [-0.4, -0.2) is 81.4 Å². The monoisotopic (exact) mass is 554 g/mol. The Kier molecular flexibility index (Phi) is 7.63. The molecule has 0 saturated carbocycles. The lowest BCUT2D eigenvalue weighted by molar-refractivity contribution is 0.00706. The third kappa shape index (κ3) is 5.24. The van der Waals surface area contributed by atoms with Crippen molar-refractivity contribution in [1.82, 2.24) is 20.3 Å². The summed E-state index contributed by atoms with van der Waals surface area (Å²) >= 11 is 6.26. The van der Waals surface area contributed by atoms with Gasteiger partial charge in [-0.2, -0.15) is 9.97 Å². The van der Waals surface area contributed by atoms with Gasteiger partial charge in [-0.1, -0.05) is 18.5 Å². The van der Waals surface area contributed by atoms with Crippen LogP contribution in [0.2, 0.25) is 5.02 Å². The van der Waals surface area contributed by atoms with Crippen LogP contribution in [0.25, 0.3) is 11.2 Å². The number of hydrogen-bond acceptors (Lipinski definition) is 9. The second-order valence-corrected chi connectivity index (χ2v) is 9.38. The van der Waals surface area contributed by atoms with Gasteiger partial charge in [0.2, 0.25) is 5.88 Å². The summed E-state index contributed by atoms with van der Waals surface area (Å²) in [6.45, 7) is 1.28. The maximum Gasteiger partial charge on any atom is 0.296 e. The van der Waals surface area contributed by atoms with Gasteiger partial charge in [-0.25, -0.2) is 8.78 Å². The molecule has 4 heterocycles. The number of nitrogens with zero attached hydrogens (tertiary/aromatic N) is 2. The summed E-state index contributed by atoms with van der Waals surface area (Å²) in [6.07, 6.45) is -1.65. The molecular weight excluding hydrogens is 530 g/mol. The van der Waals surface area contributed by atoms with Crippen molar-refractivity contribution < 1.29 is 42.7 Å². The maximum atomic E-state index is 14.7. The fourth-order valence-electron chi connectivity index (χ4n) is 4.28. The number of aromatic nitrogens is 3. The number of fused-ring (bicyclic) bond motifs is 2. The van der Waals surface area contributed by atoms with Gasteiger partial charge < -0.3 is 39.5 Å². The van der Waals surface area contributed by atoms with E-state index in [1.54, 1.807) is 6.92 Å². The van der Waals surface area contributed by atoms with Crippen LogP contribution in [0, 0.1) is 11.6 Å². The van der Waals surface area contributed by atoms with Crippen LogP contribution in [0.1, 0.15) is 29.3 Å². The van der Waals surface area contributed by atoms with Crippen LogP contribution >= 0.6 is 11.6 Å². The summed E-state index contributed by atoms with van der Waals surface area (Å²) in [4.78, 5) is 23.7. The molecular formula is C24H25ClF2N4O7. The molecule has 11 nitrogen and oxygen atoms in total. The molecule has 0 spiro atoms. The molecule has 0 aliphatic carbocycles. The summed E-state index contributed by atoms with van der Waals surface area (Å²) in [5.41, 5.74) is -0.0335. The van der Waals surface area contributed by atoms with Crippen LogP contribution in [0.3, 0.4) is 0 Å². The minimum Gasteiger partial charge on any atom is -0.471 e. The Bertz CT molecular complexity index is 1320. The zero-order valence-corrected chi connectivity index (χ0v) is 20.9. The number of amides is 1. The van der Waals surface area contributed by atoms with Crippen molar-refractivity contribution in [2.45, 2.75) is 50.4 Å². The van der Waals surface area contributed by atoms with Crippen molar-refractivity contribution in [2.24, 2.45) is 0 Å². The van der Waals surface area contributed by atoms with Crippen molar-refractivity contribution in [3.63, 3.8) is 0 Å². The van der Waals surface area contributed by atoms with Gasteiger partial charge in [-0.3, -0.25) is 4.79 Å². The van der Waals surface area contributed by atoms with Crippen molar-refractivity contribution in [1.29, 1.82) is 0 Å². The normalized spacial score (nSPS) is 23.4. The van der Waals surface area contributed by atoms with Crippen LogP contribution in [0.5, 0.6) is 11.9 Å². The molecule has 14 heteroatoms. The predicted molar refractivity (Wildman–Crippen MR) is 128 cm³/mol. The first-order chi connectivity index (χ1) is 18.3. The van der Waals surface area contributed by atoms with E-state index in [4.69, 9.17) is 30.5 Å². The number of aliphatic hydroxyl groups is 2. The summed E-state index contributed by atoms with van der Waals surface area (Å²) in [6, 6.07) is 2.86. The Morgan fingerprint density at radius 2 is 1.97 bits per heavy atom. The van der Waals surface area contributed by atoms with Crippen molar-refractivity contribution in [3.05, 3.63) is 46.0 Å². The number of imidazole rings is 1. The third-order valence-corrected chi connectivity index (χ3v) is 6.69.